The Morgan fingerprint density at radius 1 is 0.950 bits per heavy atom. The van der Waals surface area contributed by atoms with Gasteiger partial charge in [0.2, 0.25) is 0 Å². The molecule has 1 heterocycles. The molecule has 0 amide bonds. The van der Waals surface area contributed by atoms with Crippen LogP contribution in [0.25, 0.3) is 0 Å². The van der Waals surface area contributed by atoms with Gasteiger partial charge in [0.05, 0.1) is 6.61 Å². The van der Waals surface area contributed by atoms with Gasteiger partial charge in [-0.25, -0.2) is 8.37 Å². The number of aliphatic hydroxyl groups excluding tert-OH is 3. The second-order valence-corrected chi connectivity index (χ2v) is 5.89. The van der Waals surface area contributed by atoms with Gasteiger partial charge in [-0.2, -0.15) is 16.8 Å². The van der Waals surface area contributed by atoms with E-state index in [4.69, 9.17) is 9.11 Å². The highest BCUT2D eigenvalue weighted by atomic mass is 32.3. The van der Waals surface area contributed by atoms with E-state index in [9.17, 15) is 32.2 Å². The lowest BCUT2D eigenvalue weighted by Crippen LogP contribution is -2.60. The Morgan fingerprint density at radius 3 is 1.95 bits per heavy atom. The molecular formula is C6H12O12S2. The van der Waals surface area contributed by atoms with Gasteiger partial charge in [-0.1, -0.05) is 0 Å². The first-order valence-corrected chi connectivity index (χ1v) is 7.61. The van der Waals surface area contributed by atoms with Crippen LogP contribution in [-0.4, -0.2) is 78.6 Å². The Kier molecular flexibility index (Phi) is 5.41. The number of ether oxygens (including phenoxy) is 1. The minimum atomic E-state index is -5.04. The second-order valence-electron chi connectivity index (χ2n) is 3.75. The maximum atomic E-state index is 10.5. The van der Waals surface area contributed by atoms with Crippen LogP contribution >= 0.6 is 0 Å². The van der Waals surface area contributed by atoms with Crippen molar-refractivity contribution in [3.8, 4) is 0 Å². The van der Waals surface area contributed by atoms with Crippen LogP contribution in [0, 0.1) is 0 Å². The van der Waals surface area contributed by atoms with Crippen molar-refractivity contribution < 1.29 is 54.4 Å². The topological polar surface area (TPSA) is 197 Å². The molecule has 0 aromatic carbocycles. The Bertz CT molecular complexity index is 522. The first kappa shape index (κ1) is 17.6. The molecule has 1 aliphatic rings. The molecule has 1 fully saturated rings. The normalized spacial score (nSPS) is 36.0. The summed E-state index contributed by atoms with van der Waals surface area (Å²) >= 11 is 0. The highest BCUT2D eigenvalue weighted by molar-refractivity contribution is 7.81. The van der Waals surface area contributed by atoms with E-state index in [1.54, 1.807) is 0 Å². The standard InChI is InChI=1S/C6H12O12S2/c7-3-2(1-16-19(10,11)12)17-6(9)5(4(3)8)18-20(13,14)15/h2-9H,1H2,(H,10,11,12)(H,13,14,15)/t2-,3+,4+,5-,6?/m1/s1. The van der Waals surface area contributed by atoms with Crippen molar-refractivity contribution in [3.05, 3.63) is 0 Å². The van der Waals surface area contributed by atoms with Crippen molar-refractivity contribution in [1.29, 1.82) is 0 Å². The van der Waals surface area contributed by atoms with Gasteiger partial charge in [-0.3, -0.25) is 9.11 Å². The van der Waals surface area contributed by atoms with Crippen molar-refractivity contribution in [2.75, 3.05) is 6.61 Å². The highest BCUT2D eigenvalue weighted by Crippen LogP contribution is 2.23. The minimum absolute atomic E-state index is 0.966. The summed E-state index contributed by atoms with van der Waals surface area (Å²) in [5.41, 5.74) is 0. The predicted octanol–water partition coefficient (Wildman–Crippen LogP) is -3.57. The second kappa shape index (κ2) is 6.14. The molecule has 0 radical (unpaired) electrons. The van der Waals surface area contributed by atoms with Crippen LogP contribution in [0.4, 0.5) is 0 Å². The van der Waals surface area contributed by atoms with E-state index < -0.39 is 58.1 Å². The molecule has 12 nitrogen and oxygen atoms in total. The van der Waals surface area contributed by atoms with Crippen LogP contribution < -0.4 is 0 Å². The third-order valence-electron chi connectivity index (χ3n) is 2.28. The zero-order valence-electron chi connectivity index (χ0n) is 9.50. The average molecular weight is 340 g/mol. The largest absolute Gasteiger partial charge is 0.397 e. The van der Waals surface area contributed by atoms with Crippen LogP contribution in [0.15, 0.2) is 0 Å². The first-order valence-electron chi connectivity index (χ1n) is 4.88. The van der Waals surface area contributed by atoms with Gasteiger partial charge >= 0.3 is 20.8 Å². The van der Waals surface area contributed by atoms with Gasteiger partial charge < -0.3 is 20.1 Å². The number of rotatable bonds is 5. The molecule has 1 unspecified atom stereocenters. The van der Waals surface area contributed by atoms with Crippen molar-refractivity contribution in [1.82, 2.24) is 0 Å². The summed E-state index contributed by atoms with van der Waals surface area (Å²) in [6.45, 7) is -0.966. The zero-order chi connectivity index (χ0) is 15.7. The minimum Gasteiger partial charge on any atom is -0.387 e. The van der Waals surface area contributed by atoms with E-state index in [-0.39, 0.29) is 0 Å². The fourth-order valence-corrected chi connectivity index (χ4v) is 2.25. The van der Waals surface area contributed by atoms with Crippen LogP contribution in [-0.2, 0) is 33.9 Å². The third-order valence-corrected chi connectivity index (χ3v) is 3.18. The van der Waals surface area contributed by atoms with E-state index in [1.165, 1.54) is 0 Å². The van der Waals surface area contributed by atoms with E-state index in [0.29, 0.717) is 0 Å². The molecule has 20 heavy (non-hydrogen) atoms. The Labute approximate surface area is 113 Å². The first-order chi connectivity index (χ1) is 8.91. The lowest BCUT2D eigenvalue weighted by Gasteiger charge is -2.38. The summed E-state index contributed by atoms with van der Waals surface area (Å²) in [6.07, 6.45) is -9.74. The molecule has 14 heteroatoms. The van der Waals surface area contributed by atoms with Gasteiger partial charge in [0.15, 0.2) is 12.4 Å². The van der Waals surface area contributed by atoms with Crippen LogP contribution in [0.3, 0.4) is 0 Å². The monoisotopic (exact) mass is 340 g/mol. The summed E-state index contributed by atoms with van der Waals surface area (Å²) in [4.78, 5) is 0. The molecule has 1 aliphatic heterocycles. The summed E-state index contributed by atoms with van der Waals surface area (Å²) in [5, 5.41) is 28.4. The molecule has 0 spiro atoms. The Morgan fingerprint density at radius 2 is 1.50 bits per heavy atom. The molecule has 1 saturated heterocycles. The van der Waals surface area contributed by atoms with E-state index in [2.05, 4.69) is 13.1 Å². The molecule has 0 aromatic heterocycles. The molecular weight excluding hydrogens is 328 g/mol. The molecule has 0 bridgehead atoms. The van der Waals surface area contributed by atoms with Crippen molar-refractivity contribution in [3.63, 3.8) is 0 Å². The van der Waals surface area contributed by atoms with Crippen molar-refractivity contribution in [2.24, 2.45) is 0 Å². The van der Waals surface area contributed by atoms with Gasteiger partial charge in [0.1, 0.15) is 18.3 Å². The van der Waals surface area contributed by atoms with Gasteiger partial charge in [0, 0.05) is 0 Å². The van der Waals surface area contributed by atoms with Crippen LogP contribution in [0.2, 0.25) is 0 Å². The summed E-state index contributed by atoms with van der Waals surface area (Å²) in [5.74, 6) is 0. The molecule has 0 saturated carbocycles. The molecule has 0 aliphatic carbocycles. The van der Waals surface area contributed by atoms with Crippen molar-refractivity contribution in [2.45, 2.75) is 30.7 Å². The van der Waals surface area contributed by atoms with Gasteiger partial charge in [-0.15, -0.1) is 0 Å². The van der Waals surface area contributed by atoms with Gasteiger partial charge in [0.25, 0.3) is 0 Å². The molecule has 0 aromatic rings. The quantitative estimate of drug-likeness (QED) is 0.309. The Balaban J connectivity index is 2.76. The third kappa shape index (κ3) is 5.17. The van der Waals surface area contributed by atoms with Gasteiger partial charge in [-0.05, 0) is 0 Å². The van der Waals surface area contributed by atoms with E-state index in [0.717, 1.165) is 0 Å². The SMILES string of the molecule is O=S(=O)(O)OC[C@H]1OC(O)[C@H](OS(=O)(=O)O)[C@@H](O)[C@H]1O. The highest BCUT2D eigenvalue weighted by Gasteiger charge is 2.47. The summed E-state index contributed by atoms with van der Waals surface area (Å²) in [6, 6.07) is 0. The average Bonchev–Trinajstić information content (AvgIpc) is 2.25. The number of hydrogen-bond acceptors (Lipinski definition) is 10. The summed E-state index contributed by atoms with van der Waals surface area (Å²) in [7, 11) is -9.89. The maximum absolute atomic E-state index is 10.5. The van der Waals surface area contributed by atoms with Crippen LogP contribution in [0.5, 0.6) is 0 Å². The molecule has 5 N–H and O–H groups in total. The molecule has 1 rings (SSSR count). The maximum Gasteiger partial charge on any atom is 0.397 e. The fourth-order valence-electron chi connectivity index (χ4n) is 1.46. The molecule has 120 valence electrons. The molecule has 5 atom stereocenters. The lowest BCUT2D eigenvalue weighted by molar-refractivity contribution is -0.279. The Hall–Kier alpha value is -0.420. The fraction of sp³-hybridized carbons (Fsp3) is 1.00. The number of aliphatic hydroxyl groups is 3. The zero-order valence-corrected chi connectivity index (χ0v) is 11.1. The van der Waals surface area contributed by atoms with Crippen LogP contribution in [0.1, 0.15) is 0 Å². The predicted molar refractivity (Wildman–Crippen MR) is 56.8 cm³/mol. The smallest absolute Gasteiger partial charge is 0.387 e. The van der Waals surface area contributed by atoms with E-state index in [1.807, 2.05) is 0 Å². The van der Waals surface area contributed by atoms with E-state index >= 15 is 0 Å². The lowest BCUT2D eigenvalue weighted by atomic mass is 9.99. The number of hydrogen-bond donors (Lipinski definition) is 5. The summed E-state index contributed by atoms with van der Waals surface area (Å²) < 4.78 is 70.7. The van der Waals surface area contributed by atoms with Crippen molar-refractivity contribution >= 4 is 20.8 Å².